The van der Waals surface area contributed by atoms with Gasteiger partial charge in [0.05, 0.1) is 11.6 Å². The fraction of sp³-hybridized carbons (Fsp3) is 0.167. The van der Waals surface area contributed by atoms with Crippen molar-refractivity contribution in [2.24, 2.45) is 0 Å². The molecule has 0 aliphatic heterocycles. The van der Waals surface area contributed by atoms with Gasteiger partial charge in [0.25, 0.3) is 0 Å². The van der Waals surface area contributed by atoms with Crippen LogP contribution in [-0.4, -0.2) is 19.9 Å². The first kappa shape index (κ1) is 11.6. The number of hydrogen-bond donors (Lipinski definition) is 2. The summed E-state index contributed by atoms with van der Waals surface area (Å²) in [6.07, 6.45) is 1.77. The number of nitrogens with one attached hydrogen (secondary N) is 1. The van der Waals surface area contributed by atoms with Crippen LogP contribution < -0.4 is 0 Å². The van der Waals surface area contributed by atoms with E-state index in [-0.39, 0.29) is 11.8 Å². The summed E-state index contributed by atoms with van der Waals surface area (Å²) in [4.78, 5) is 0. The van der Waals surface area contributed by atoms with Crippen LogP contribution in [0.5, 0.6) is 5.75 Å². The summed E-state index contributed by atoms with van der Waals surface area (Å²) < 4.78 is 2.33. The zero-order valence-corrected chi connectivity index (χ0v) is 10.2. The van der Waals surface area contributed by atoms with Crippen molar-refractivity contribution in [1.29, 1.82) is 0 Å². The number of rotatable bonds is 3. The smallest absolute Gasteiger partial charge is 0.195 e. The number of phenols is 1. The van der Waals surface area contributed by atoms with E-state index >= 15 is 0 Å². The Morgan fingerprint density at radius 3 is 2.88 bits per heavy atom. The number of nitrogens with zero attached hydrogens (tertiary/aromatic N) is 2. The Morgan fingerprint density at radius 1 is 1.53 bits per heavy atom. The molecule has 17 heavy (non-hydrogen) atoms. The Balaban J connectivity index is 2.65. The molecule has 4 nitrogen and oxygen atoms in total. The van der Waals surface area contributed by atoms with Gasteiger partial charge in [-0.2, -0.15) is 5.10 Å². The minimum absolute atomic E-state index is 0.0101. The van der Waals surface area contributed by atoms with Crippen LogP contribution in [0.15, 0.2) is 36.9 Å². The molecule has 0 saturated heterocycles. The predicted octanol–water partition coefficient (Wildman–Crippen LogP) is 3.06. The third-order valence-electron chi connectivity index (χ3n) is 2.60. The normalized spacial score (nSPS) is 12.3. The van der Waals surface area contributed by atoms with Crippen molar-refractivity contribution in [2.75, 3.05) is 0 Å². The van der Waals surface area contributed by atoms with E-state index in [1.54, 1.807) is 24.3 Å². The number of aromatic amines is 1. The van der Waals surface area contributed by atoms with E-state index in [0.717, 1.165) is 0 Å². The molecule has 5 heteroatoms. The van der Waals surface area contributed by atoms with E-state index in [1.165, 1.54) is 0 Å². The lowest BCUT2D eigenvalue weighted by Gasteiger charge is -2.11. The SMILES string of the molecule is C=CC(C)n1c(-c2ccccc2O)n[nH]c1=S. The van der Waals surface area contributed by atoms with Crippen molar-refractivity contribution in [3.05, 3.63) is 41.7 Å². The second-order valence-electron chi connectivity index (χ2n) is 3.72. The molecule has 0 fully saturated rings. The van der Waals surface area contributed by atoms with Crippen LogP contribution >= 0.6 is 12.2 Å². The summed E-state index contributed by atoms with van der Waals surface area (Å²) in [6.45, 7) is 5.70. The lowest BCUT2D eigenvalue weighted by atomic mass is 10.2. The van der Waals surface area contributed by atoms with Gasteiger partial charge in [0.15, 0.2) is 10.6 Å². The fourth-order valence-electron chi connectivity index (χ4n) is 1.64. The van der Waals surface area contributed by atoms with Crippen molar-refractivity contribution in [3.8, 4) is 17.1 Å². The number of benzene rings is 1. The molecule has 0 amide bonds. The number of aromatic nitrogens is 3. The van der Waals surface area contributed by atoms with Crippen LogP contribution in [-0.2, 0) is 0 Å². The topological polar surface area (TPSA) is 53.8 Å². The Kier molecular flexibility index (Phi) is 3.10. The third kappa shape index (κ3) is 2.01. The molecule has 2 aromatic rings. The van der Waals surface area contributed by atoms with Gasteiger partial charge >= 0.3 is 0 Å². The van der Waals surface area contributed by atoms with Crippen LogP contribution in [0.1, 0.15) is 13.0 Å². The summed E-state index contributed by atoms with van der Waals surface area (Å²) >= 11 is 5.17. The zero-order valence-electron chi connectivity index (χ0n) is 9.42. The highest BCUT2D eigenvalue weighted by Crippen LogP contribution is 2.28. The largest absolute Gasteiger partial charge is 0.507 e. The Morgan fingerprint density at radius 2 is 2.24 bits per heavy atom. The van der Waals surface area contributed by atoms with E-state index in [0.29, 0.717) is 16.2 Å². The minimum Gasteiger partial charge on any atom is -0.507 e. The van der Waals surface area contributed by atoms with Crippen molar-refractivity contribution >= 4 is 12.2 Å². The first-order chi connectivity index (χ1) is 8.15. The van der Waals surface area contributed by atoms with Crippen molar-refractivity contribution in [2.45, 2.75) is 13.0 Å². The predicted molar refractivity (Wildman–Crippen MR) is 69.4 cm³/mol. The van der Waals surface area contributed by atoms with Gasteiger partial charge in [-0.25, -0.2) is 0 Å². The summed E-state index contributed by atoms with van der Waals surface area (Å²) in [5.41, 5.74) is 0.647. The Hall–Kier alpha value is -1.88. The standard InChI is InChI=1S/C12H13N3OS/c1-3-8(2)15-11(13-14-12(15)17)9-6-4-5-7-10(9)16/h3-8,16H,1H2,2H3,(H,14,17). The van der Waals surface area contributed by atoms with Gasteiger partial charge in [0.2, 0.25) is 0 Å². The molecular formula is C12H13N3OS. The molecule has 2 rings (SSSR count). The van der Waals surface area contributed by atoms with E-state index in [4.69, 9.17) is 12.2 Å². The van der Waals surface area contributed by atoms with Gasteiger partial charge in [-0.1, -0.05) is 18.2 Å². The molecule has 1 aromatic carbocycles. The quantitative estimate of drug-likeness (QED) is 0.647. The zero-order chi connectivity index (χ0) is 12.4. The molecule has 0 bridgehead atoms. The summed E-state index contributed by atoms with van der Waals surface area (Å²) in [6, 6.07) is 7.04. The van der Waals surface area contributed by atoms with Crippen LogP contribution in [0.3, 0.4) is 0 Å². The maximum absolute atomic E-state index is 9.83. The molecule has 1 aromatic heterocycles. The van der Waals surface area contributed by atoms with Gasteiger partial charge in [-0.15, -0.1) is 6.58 Å². The number of aromatic hydroxyl groups is 1. The lowest BCUT2D eigenvalue weighted by molar-refractivity contribution is 0.476. The number of para-hydroxylation sites is 1. The van der Waals surface area contributed by atoms with Crippen LogP contribution in [0.25, 0.3) is 11.4 Å². The third-order valence-corrected chi connectivity index (χ3v) is 2.89. The van der Waals surface area contributed by atoms with Crippen LogP contribution in [0.2, 0.25) is 0 Å². The van der Waals surface area contributed by atoms with Crippen molar-refractivity contribution < 1.29 is 5.11 Å². The first-order valence-electron chi connectivity index (χ1n) is 5.23. The molecule has 1 unspecified atom stereocenters. The molecule has 0 aliphatic rings. The number of allylic oxidation sites excluding steroid dienone is 1. The molecule has 88 valence electrons. The van der Waals surface area contributed by atoms with Crippen LogP contribution in [0.4, 0.5) is 0 Å². The lowest BCUT2D eigenvalue weighted by Crippen LogP contribution is -2.04. The second kappa shape index (κ2) is 4.55. The summed E-state index contributed by atoms with van der Waals surface area (Å²) in [7, 11) is 0. The molecule has 1 heterocycles. The van der Waals surface area contributed by atoms with Gasteiger partial charge < -0.3 is 5.11 Å². The molecule has 2 N–H and O–H groups in total. The highest BCUT2D eigenvalue weighted by molar-refractivity contribution is 7.71. The fourth-order valence-corrected chi connectivity index (χ4v) is 1.94. The molecule has 0 saturated carbocycles. The van der Waals surface area contributed by atoms with Gasteiger partial charge in [-0.05, 0) is 31.3 Å². The second-order valence-corrected chi connectivity index (χ2v) is 4.10. The van der Waals surface area contributed by atoms with E-state index in [1.807, 2.05) is 17.6 Å². The van der Waals surface area contributed by atoms with Crippen LogP contribution in [0, 0.1) is 4.77 Å². The monoisotopic (exact) mass is 247 g/mol. The summed E-state index contributed by atoms with van der Waals surface area (Å²) in [5, 5.41) is 16.7. The molecular weight excluding hydrogens is 234 g/mol. The maximum atomic E-state index is 9.83. The van der Waals surface area contributed by atoms with Crippen molar-refractivity contribution in [1.82, 2.24) is 14.8 Å². The summed E-state index contributed by atoms with van der Waals surface area (Å²) in [5.74, 6) is 0.791. The molecule has 0 spiro atoms. The minimum atomic E-state index is 0.0101. The number of phenolic OH excluding ortho intramolecular Hbond substituents is 1. The van der Waals surface area contributed by atoms with Gasteiger partial charge in [-0.3, -0.25) is 9.67 Å². The Bertz CT molecular complexity index is 600. The molecule has 0 aliphatic carbocycles. The number of H-pyrrole nitrogens is 1. The van der Waals surface area contributed by atoms with Gasteiger partial charge in [0, 0.05) is 0 Å². The number of hydrogen-bond acceptors (Lipinski definition) is 3. The average molecular weight is 247 g/mol. The van der Waals surface area contributed by atoms with E-state index < -0.39 is 0 Å². The Labute approximate surface area is 104 Å². The first-order valence-corrected chi connectivity index (χ1v) is 5.63. The average Bonchev–Trinajstić information content (AvgIpc) is 2.71. The molecule has 0 radical (unpaired) electrons. The van der Waals surface area contributed by atoms with Gasteiger partial charge in [0.1, 0.15) is 5.75 Å². The highest BCUT2D eigenvalue weighted by atomic mass is 32.1. The van der Waals surface area contributed by atoms with E-state index in [2.05, 4.69) is 16.8 Å². The van der Waals surface area contributed by atoms with E-state index in [9.17, 15) is 5.11 Å². The highest BCUT2D eigenvalue weighted by Gasteiger charge is 2.14. The molecule has 1 atom stereocenters. The van der Waals surface area contributed by atoms with Crippen molar-refractivity contribution in [3.63, 3.8) is 0 Å². The maximum Gasteiger partial charge on any atom is 0.195 e.